The van der Waals surface area contributed by atoms with Gasteiger partial charge in [0.1, 0.15) is 12.0 Å². The predicted octanol–water partition coefficient (Wildman–Crippen LogP) is 2.63. The molecule has 1 amide bonds. The third kappa shape index (κ3) is 3.90. The summed E-state index contributed by atoms with van der Waals surface area (Å²) < 4.78 is 5.56. The van der Waals surface area contributed by atoms with Crippen LogP contribution in [-0.2, 0) is 4.79 Å². The molecule has 0 aliphatic rings. The maximum absolute atomic E-state index is 11.4. The molecule has 92 valence electrons. The van der Waals surface area contributed by atoms with E-state index in [-0.39, 0.29) is 12.0 Å². The van der Waals surface area contributed by atoms with Crippen LogP contribution in [0.1, 0.15) is 37.6 Å². The molecule has 0 spiro atoms. The molecule has 0 unspecified atom stereocenters. The van der Waals surface area contributed by atoms with E-state index in [4.69, 9.17) is 4.74 Å². The summed E-state index contributed by atoms with van der Waals surface area (Å²) in [5.74, 6) is 0.467. The number of benzene rings is 1. The summed E-state index contributed by atoms with van der Waals surface area (Å²) in [7, 11) is 0. The SMILES string of the molecule is CCC(=O)Nc1cc(C=O)ccc1OC(C)C. The number of hydrogen-bond acceptors (Lipinski definition) is 3. The van der Waals surface area contributed by atoms with Crippen LogP contribution in [0.3, 0.4) is 0 Å². The summed E-state index contributed by atoms with van der Waals surface area (Å²) >= 11 is 0. The number of hydrogen-bond donors (Lipinski definition) is 1. The second kappa shape index (κ2) is 6.03. The average molecular weight is 235 g/mol. The summed E-state index contributed by atoms with van der Waals surface area (Å²) in [6, 6.07) is 4.96. The van der Waals surface area contributed by atoms with Gasteiger partial charge in [-0.15, -0.1) is 0 Å². The van der Waals surface area contributed by atoms with Crippen LogP contribution in [0.15, 0.2) is 18.2 Å². The minimum atomic E-state index is -0.110. The molecule has 0 aromatic heterocycles. The highest BCUT2D eigenvalue weighted by atomic mass is 16.5. The largest absolute Gasteiger partial charge is 0.489 e. The van der Waals surface area contributed by atoms with Gasteiger partial charge in [-0.1, -0.05) is 6.92 Å². The Hall–Kier alpha value is -1.84. The van der Waals surface area contributed by atoms with Crippen LogP contribution >= 0.6 is 0 Å². The lowest BCUT2D eigenvalue weighted by Gasteiger charge is -2.15. The Balaban J connectivity index is 3.02. The zero-order chi connectivity index (χ0) is 12.8. The van der Waals surface area contributed by atoms with Crippen molar-refractivity contribution in [3.05, 3.63) is 23.8 Å². The third-order valence-electron chi connectivity index (χ3n) is 2.10. The van der Waals surface area contributed by atoms with Gasteiger partial charge in [0.25, 0.3) is 0 Å². The highest BCUT2D eigenvalue weighted by Crippen LogP contribution is 2.26. The number of amides is 1. The Morgan fingerprint density at radius 1 is 1.47 bits per heavy atom. The van der Waals surface area contributed by atoms with Crippen molar-refractivity contribution in [1.82, 2.24) is 0 Å². The normalized spacial score (nSPS) is 10.1. The summed E-state index contributed by atoms with van der Waals surface area (Å²) in [6.45, 7) is 5.57. The lowest BCUT2D eigenvalue weighted by molar-refractivity contribution is -0.115. The molecule has 17 heavy (non-hydrogen) atoms. The van der Waals surface area contributed by atoms with Gasteiger partial charge in [-0.3, -0.25) is 9.59 Å². The maximum atomic E-state index is 11.4. The number of anilines is 1. The monoisotopic (exact) mass is 235 g/mol. The van der Waals surface area contributed by atoms with E-state index in [0.29, 0.717) is 23.4 Å². The van der Waals surface area contributed by atoms with Crippen molar-refractivity contribution in [2.24, 2.45) is 0 Å². The van der Waals surface area contributed by atoms with E-state index in [1.165, 1.54) is 0 Å². The fourth-order valence-electron chi connectivity index (χ4n) is 1.31. The van der Waals surface area contributed by atoms with E-state index in [0.717, 1.165) is 6.29 Å². The Morgan fingerprint density at radius 2 is 2.18 bits per heavy atom. The first-order chi connectivity index (χ1) is 8.06. The second-order valence-corrected chi connectivity index (χ2v) is 3.94. The van der Waals surface area contributed by atoms with E-state index < -0.39 is 0 Å². The molecular weight excluding hydrogens is 218 g/mol. The number of carbonyl (C=O) groups excluding carboxylic acids is 2. The van der Waals surface area contributed by atoms with Crippen molar-refractivity contribution >= 4 is 17.9 Å². The van der Waals surface area contributed by atoms with Crippen molar-refractivity contribution in [3.8, 4) is 5.75 Å². The van der Waals surface area contributed by atoms with E-state index in [2.05, 4.69) is 5.32 Å². The molecular formula is C13H17NO3. The molecule has 1 N–H and O–H groups in total. The quantitative estimate of drug-likeness (QED) is 0.798. The first-order valence-electron chi connectivity index (χ1n) is 5.62. The van der Waals surface area contributed by atoms with Crippen molar-refractivity contribution in [2.75, 3.05) is 5.32 Å². The fraction of sp³-hybridized carbons (Fsp3) is 0.385. The maximum Gasteiger partial charge on any atom is 0.224 e. The molecule has 0 saturated carbocycles. The average Bonchev–Trinajstić information content (AvgIpc) is 2.30. The van der Waals surface area contributed by atoms with Gasteiger partial charge in [0.2, 0.25) is 5.91 Å². The zero-order valence-electron chi connectivity index (χ0n) is 10.3. The number of rotatable bonds is 5. The summed E-state index contributed by atoms with van der Waals surface area (Å²) in [5, 5.41) is 2.72. The van der Waals surface area contributed by atoms with Gasteiger partial charge in [0.05, 0.1) is 11.8 Å². The molecule has 0 aliphatic heterocycles. The molecule has 4 nitrogen and oxygen atoms in total. The van der Waals surface area contributed by atoms with Crippen LogP contribution in [0.5, 0.6) is 5.75 Å². The van der Waals surface area contributed by atoms with Crippen molar-refractivity contribution < 1.29 is 14.3 Å². The molecule has 0 bridgehead atoms. The highest BCUT2D eigenvalue weighted by molar-refractivity contribution is 5.93. The minimum absolute atomic E-state index is 0.00867. The van der Waals surface area contributed by atoms with Crippen molar-refractivity contribution in [1.29, 1.82) is 0 Å². The Morgan fingerprint density at radius 3 is 2.71 bits per heavy atom. The highest BCUT2D eigenvalue weighted by Gasteiger charge is 2.09. The van der Waals surface area contributed by atoms with Crippen LogP contribution in [0.4, 0.5) is 5.69 Å². The number of carbonyl (C=O) groups is 2. The summed E-state index contributed by atoms with van der Waals surface area (Å²) in [6.07, 6.45) is 1.13. The Kier molecular flexibility index (Phi) is 4.69. The van der Waals surface area contributed by atoms with Gasteiger partial charge in [-0.2, -0.15) is 0 Å². The standard InChI is InChI=1S/C13H17NO3/c1-4-13(16)14-11-7-10(8-15)5-6-12(11)17-9(2)3/h5-9H,4H2,1-3H3,(H,14,16). The molecule has 1 aromatic carbocycles. The predicted molar refractivity (Wildman–Crippen MR) is 66.5 cm³/mol. The van der Waals surface area contributed by atoms with Crippen molar-refractivity contribution in [3.63, 3.8) is 0 Å². The fourth-order valence-corrected chi connectivity index (χ4v) is 1.31. The molecule has 0 saturated heterocycles. The lowest BCUT2D eigenvalue weighted by atomic mass is 10.2. The number of ether oxygens (including phenoxy) is 1. The minimum Gasteiger partial charge on any atom is -0.489 e. The second-order valence-electron chi connectivity index (χ2n) is 3.94. The first kappa shape index (κ1) is 13.2. The number of nitrogens with one attached hydrogen (secondary N) is 1. The van der Waals surface area contributed by atoms with Gasteiger partial charge >= 0.3 is 0 Å². The van der Waals surface area contributed by atoms with Crippen LogP contribution in [-0.4, -0.2) is 18.3 Å². The Labute approximate surface area is 101 Å². The lowest BCUT2D eigenvalue weighted by Crippen LogP contribution is -2.13. The molecule has 0 heterocycles. The molecule has 0 radical (unpaired) electrons. The van der Waals surface area contributed by atoms with Gasteiger partial charge in [0.15, 0.2) is 0 Å². The molecule has 0 aliphatic carbocycles. The van der Waals surface area contributed by atoms with Crippen LogP contribution in [0, 0.1) is 0 Å². The van der Waals surface area contributed by atoms with Gasteiger partial charge in [-0.25, -0.2) is 0 Å². The van der Waals surface area contributed by atoms with E-state index in [9.17, 15) is 9.59 Å². The first-order valence-corrected chi connectivity index (χ1v) is 5.62. The van der Waals surface area contributed by atoms with Crippen molar-refractivity contribution in [2.45, 2.75) is 33.3 Å². The topological polar surface area (TPSA) is 55.4 Å². The van der Waals surface area contributed by atoms with Gasteiger partial charge in [-0.05, 0) is 32.0 Å². The van der Waals surface area contributed by atoms with Crippen LogP contribution in [0.2, 0.25) is 0 Å². The number of aldehydes is 1. The van der Waals surface area contributed by atoms with Crippen LogP contribution < -0.4 is 10.1 Å². The summed E-state index contributed by atoms with van der Waals surface area (Å²) in [4.78, 5) is 22.1. The molecule has 0 atom stereocenters. The van der Waals surface area contributed by atoms with Gasteiger partial charge in [0, 0.05) is 12.0 Å². The molecule has 1 aromatic rings. The third-order valence-corrected chi connectivity index (χ3v) is 2.10. The van der Waals surface area contributed by atoms with E-state index in [1.807, 2.05) is 13.8 Å². The van der Waals surface area contributed by atoms with E-state index >= 15 is 0 Å². The van der Waals surface area contributed by atoms with E-state index in [1.54, 1.807) is 25.1 Å². The molecule has 4 heteroatoms. The molecule has 1 rings (SSSR count). The zero-order valence-corrected chi connectivity index (χ0v) is 10.3. The molecule has 0 fully saturated rings. The smallest absolute Gasteiger partial charge is 0.224 e. The van der Waals surface area contributed by atoms with Gasteiger partial charge < -0.3 is 10.1 Å². The Bertz CT molecular complexity index is 413. The van der Waals surface area contributed by atoms with Crippen LogP contribution in [0.25, 0.3) is 0 Å². The summed E-state index contributed by atoms with van der Waals surface area (Å²) in [5.41, 5.74) is 1.04.